The molecule has 2 nitrogen and oxygen atoms in total. The van der Waals surface area contributed by atoms with Crippen LogP contribution in [0.3, 0.4) is 0 Å². The molecule has 3 heteroatoms. The zero-order chi connectivity index (χ0) is 30.1. The van der Waals surface area contributed by atoms with E-state index in [2.05, 4.69) is 98.7 Å². The van der Waals surface area contributed by atoms with Crippen molar-refractivity contribution in [3.05, 3.63) is 87.5 Å². The summed E-state index contributed by atoms with van der Waals surface area (Å²) in [5, 5.41) is 0. The van der Waals surface area contributed by atoms with Crippen molar-refractivity contribution in [3.8, 4) is 0 Å². The minimum absolute atomic E-state index is 0.886. The summed E-state index contributed by atoms with van der Waals surface area (Å²) in [7, 11) is 0. The van der Waals surface area contributed by atoms with Crippen LogP contribution >= 0.6 is 0 Å². The Bertz CT molecular complexity index is 1070. The van der Waals surface area contributed by atoms with Crippen molar-refractivity contribution in [3.63, 3.8) is 0 Å². The van der Waals surface area contributed by atoms with E-state index in [1.165, 1.54) is 91.2 Å². The van der Waals surface area contributed by atoms with E-state index in [4.69, 9.17) is 0 Å². The molecule has 0 fully saturated rings. The summed E-state index contributed by atoms with van der Waals surface area (Å²) in [6.07, 6.45) is 19.0. The average molecular weight is 602 g/mol. The normalized spacial score (nSPS) is 11.3. The van der Waals surface area contributed by atoms with Crippen molar-refractivity contribution >= 4 is 11.4 Å². The maximum absolute atomic E-state index is 9.56. The van der Waals surface area contributed by atoms with E-state index >= 15 is 0 Å². The first-order valence-electron chi connectivity index (χ1n) is 16.2. The van der Waals surface area contributed by atoms with Gasteiger partial charge < -0.3 is 5.53 Å². The molecule has 0 unspecified atom stereocenters. The summed E-state index contributed by atoms with van der Waals surface area (Å²) in [5.74, 6) is 7.13. The Morgan fingerprint density at radius 2 is 1.29 bits per heavy atom. The van der Waals surface area contributed by atoms with E-state index in [-0.39, 0.29) is 0 Å². The van der Waals surface area contributed by atoms with Crippen LogP contribution in [0.1, 0.15) is 140 Å². The number of benzene rings is 2. The summed E-state index contributed by atoms with van der Waals surface area (Å²) >= 11 is 1.62. The Hall–Kier alpha value is -2.17. The summed E-state index contributed by atoms with van der Waals surface area (Å²) < 4.78 is 0. The first-order valence-corrected chi connectivity index (χ1v) is 18.2. The fourth-order valence-corrected chi connectivity index (χ4v) is 5.25. The molecule has 0 radical (unpaired) electrons. The number of unbranched alkanes of at least 4 members (excludes halogenated alkanes) is 9. The molecular formula is C38H58N2Ni. The monoisotopic (exact) mass is 600 g/mol. The molecule has 0 heterocycles. The van der Waals surface area contributed by atoms with Crippen LogP contribution in [0.4, 0.5) is 0 Å². The van der Waals surface area contributed by atoms with Crippen LogP contribution in [-0.2, 0) is 27.3 Å². The molecule has 0 saturated carbocycles. The van der Waals surface area contributed by atoms with Crippen LogP contribution in [0.25, 0.3) is 11.1 Å². The van der Waals surface area contributed by atoms with Gasteiger partial charge in [0.25, 0.3) is 0 Å². The van der Waals surface area contributed by atoms with Gasteiger partial charge in [-0.05, 0) is 78.3 Å². The number of aryl methyl sites for hydroxylation is 2. The van der Waals surface area contributed by atoms with E-state index in [0.29, 0.717) is 0 Å². The van der Waals surface area contributed by atoms with Gasteiger partial charge in [0.2, 0.25) is 0 Å². The van der Waals surface area contributed by atoms with Gasteiger partial charge in [-0.1, -0.05) is 134 Å². The van der Waals surface area contributed by atoms with E-state index in [0.717, 1.165) is 50.5 Å². The van der Waals surface area contributed by atoms with Gasteiger partial charge in [-0.15, -0.1) is 4.79 Å². The molecule has 0 spiro atoms. The van der Waals surface area contributed by atoms with E-state index in [1.54, 1.807) is 14.4 Å². The first-order chi connectivity index (χ1) is 20.1. The standard InChI is InChI=1S/C36H52N2.2CH3.Ni/c1-5-9-12-14-15-16-19-31-24-26-32(27-25-31)36(33-22-18-20-30(8-4)28-33)35(23-17-13-10-6-2)34(29-38-37)21-11-7-3;;;/h18,20,22,24-28H,5-17,19,21,23H2,1-4H3;2*1H3;. The van der Waals surface area contributed by atoms with Crippen molar-refractivity contribution in [2.45, 2.75) is 142 Å². The van der Waals surface area contributed by atoms with Gasteiger partial charge in [0.05, 0.1) is 5.57 Å². The van der Waals surface area contributed by atoms with Crippen molar-refractivity contribution in [1.82, 2.24) is 0 Å². The molecule has 2 aromatic carbocycles. The number of hydrogen-bond acceptors (Lipinski definition) is 0. The van der Waals surface area contributed by atoms with Gasteiger partial charge in [0, 0.05) is 0 Å². The van der Waals surface area contributed by atoms with Crippen LogP contribution < -0.4 is 0 Å². The Morgan fingerprint density at radius 1 is 0.683 bits per heavy atom. The molecule has 0 aliphatic heterocycles. The molecule has 0 aromatic heterocycles. The van der Waals surface area contributed by atoms with Crippen LogP contribution in [0.2, 0.25) is 11.8 Å². The minimum atomic E-state index is 0.886. The molecule has 0 bridgehead atoms. The zero-order valence-electron chi connectivity index (χ0n) is 27.1. The SMILES string of the molecule is CCCCCCCCc1ccc(C(=C(CCCCCC)C(=C=[N+]=[N-])CCCC)c2cccc(CC)c2)cc1.[CH3][Ni][CH3]. The third kappa shape index (κ3) is 15.0. The molecule has 230 valence electrons. The second-order valence-electron chi connectivity index (χ2n) is 11.0. The van der Waals surface area contributed by atoms with Gasteiger partial charge in [-0.3, -0.25) is 0 Å². The second-order valence-corrected chi connectivity index (χ2v) is 12.0. The zero-order valence-corrected chi connectivity index (χ0v) is 28.1. The Kier molecular flexibility index (Phi) is 22.0. The molecular weight excluding hydrogens is 543 g/mol. The number of allylic oxidation sites excluding steroid dienone is 2. The first kappa shape index (κ1) is 36.9. The summed E-state index contributed by atoms with van der Waals surface area (Å²) in [6, 6.07) is 18.3. The quantitative estimate of drug-likeness (QED) is 0.0384. The summed E-state index contributed by atoms with van der Waals surface area (Å²) in [5.41, 5.74) is 18.5. The Balaban J connectivity index is 0.00000268. The van der Waals surface area contributed by atoms with Crippen LogP contribution in [0.15, 0.2) is 59.7 Å². The van der Waals surface area contributed by atoms with Crippen LogP contribution in [0.5, 0.6) is 0 Å². The van der Waals surface area contributed by atoms with Gasteiger partial charge >= 0.3 is 32.1 Å². The predicted octanol–water partition coefficient (Wildman–Crippen LogP) is 12.1. The topological polar surface area (TPSA) is 36.4 Å². The molecule has 0 N–H and O–H groups in total. The fraction of sp³-hybridized carbons (Fsp3) is 0.579. The molecule has 2 aromatic rings. The Morgan fingerprint density at radius 3 is 1.90 bits per heavy atom. The van der Waals surface area contributed by atoms with E-state index < -0.39 is 0 Å². The maximum atomic E-state index is 9.56. The molecule has 0 amide bonds. The van der Waals surface area contributed by atoms with Crippen molar-refractivity contribution in [2.75, 3.05) is 0 Å². The van der Waals surface area contributed by atoms with E-state index in [1.807, 2.05) is 0 Å². The van der Waals surface area contributed by atoms with Gasteiger partial charge in [0.15, 0.2) is 0 Å². The van der Waals surface area contributed by atoms with Crippen LogP contribution in [-0.4, -0.2) is 10.7 Å². The average Bonchev–Trinajstić information content (AvgIpc) is 2.99. The van der Waals surface area contributed by atoms with E-state index in [9.17, 15) is 5.53 Å². The molecule has 0 aliphatic carbocycles. The molecule has 0 atom stereocenters. The van der Waals surface area contributed by atoms with Crippen molar-refractivity contribution < 1.29 is 19.2 Å². The molecule has 2 rings (SSSR count). The summed E-state index contributed by atoms with van der Waals surface area (Å²) in [6.45, 7) is 8.97. The number of nitrogens with zero attached hydrogens (tertiary/aromatic N) is 2. The fourth-order valence-electron chi connectivity index (χ4n) is 5.25. The van der Waals surface area contributed by atoms with Crippen LogP contribution in [0, 0.1) is 0 Å². The molecule has 41 heavy (non-hydrogen) atoms. The third-order valence-electron chi connectivity index (χ3n) is 7.60. The van der Waals surface area contributed by atoms with Gasteiger partial charge in [-0.25, -0.2) is 0 Å². The molecule has 0 saturated heterocycles. The van der Waals surface area contributed by atoms with Crippen molar-refractivity contribution in [1.29, 1.82) is 0 Å². The number of rotatable bonds is 19. The predicted molar refractivity (Wildman–Crippen MR) is 178 cm³/mol. The van der Waals surface area contributed by atoms with Gasteiger partial charge in [-0.2, -0.15) is 0 Å². The molecule has 0 aliphatic rings. The summed E-state index contributed by atoms with van der Waals surface area (Å²) in [4.78, 5) is 3.41. The van der Waals surface area contributed by atoms with Crippen molar-refractivity contribution in [2.24, 2.45) is 0 Å². The second kappa shape index (κ2) is 24.4. The Labute approximate surface area is 259 Å². The van der Waals surface area contributed by atoms with Gasteiger partial charge in [0.1, 0.15) is 0 Å². The number of hydrogen-bond donors (Lipinski definition) is 0. The third-order valence-corrected chi connectivity index (χ3v) is 7.60.